The van der Waals surface area contributed by atoms with Crippen molar-refractivity contribution in [3.05, 3.63) is 0 Å². The second-order valence-electron chi connectivity index (χ2n) is 5.26. The molecular weight excluding hydrogens is 266 g/mol. The van der Waals surface area contributed by atoms with Crippen molar-refractivity contribution >= 4 is 10.2 Å². The summed E-state index contributed by atoms with van der Waals surface area (Å²) in [6.45, 7) is 4.42. The van der Waals surface area contributed by atoms with Gasteiger partial charge in [-0.3, -0.25) is 0 Å². The first-order valence-electron chi connectivity index (χ1n) is 7.18. The molecule has 2 atom stereocenters. The lowest BCUT2D eigenvalue weighted by Crippen LogP contribution is -2.56. The number of ether oxygens (including phenoxy) is 1. The van der Waals surface area contributed by atoms with Gasteiger partial charge in [-0.1, -0.05) is 13.3 Å². The number of hydrogen-bond donors (Lipinski definition) is 1. The van der Waals surface area contributed by atoms with Crippen LogP contribution in [0.25, 0.3) is 0 Å². The van der Waals surface area contributed by atoms with Gasteiger partial charge in [0, 0.05) is 32.2 Å². The third kappa shape index (κ3) is 3.28. The van der Waals surface area contributed by atoms with E-state index in [1.165, 1.54) is 0 Å². The van der Waals surface area contributed by atoms with Gasteiger partial charge in [0.15, 0.2) is 0 Å². The van der Waals surface area contributed by atoms with Crippen LogP contribution in [0.4, 0.5) is 0 Å². The molecule has 2 N–H and O–H groups in total. The highest BCUT2D eigenvalue weighted by atomic mass is 32.2. The average Bonchev–Trinajstić information content (AvgIpc) is 2.47. The Balaban J connectivity index is 2.11. The first-order chi connectivity index (χ1) is 9.09. The molecule has 2 fully saturated rings. The minimum absolute atomic E-state index is 0.0182. The van der Waals surface area contributed by atoms with Gasteiger partial charge in [-0.05, 0) is 19.3 Å². The molecule has 0 radical (unpaired) electrons. The van der Waals surface area contributed by atoms with Gasteiger partial charge in [0.1, 0.15) is 0 Å². The lowest BCUT2D eigenvalue weighted by Gasteiger charge is -2.40. The summed E-state index contributed by atoms with van der Waals surface area (Å²) in [6.07, 6.45) is 3.72. The first-order valence-corrected chi connectivity index (χ1v) is 8.58. The Morgan fingerprint density at radius 3 is 2.79 bits per heavy atom. The molecule has 112 valence electrons. The quantitative estimate of drug-likeness (QED) is 0.800. The predicted octanol–water partition coefficient (Wildman–Crippen LogP) is 0.155. The van der Waals surface area contributed by atoms with E-state index < -0.39 is 10.2 Å². The number of hydrogen-bond acceptors (Lipinski definition) is 4. The van der Waals surface area contributed by atoms with Crippen LogP contribution in [0.5, 0.6) is 0 Å². The third-order valence-corrected chi connectivity index (χ3v) is 6.08. The van der Waals surface area contributed by atoms with E-state index in [4.69, 9.17) is 10.5 Å². The van der Waals surface area contributed by atoms with Gasteiger partial charge in [0.25, 0.3) is 10.2 Å². The van der Waals surface area contributed by atoms with Crippen LogP contribution in [0.3, 0.4) is 0 Å². The molecule has 0 aromatic rings. The summed E-state index contributed by atoms with van der Waals surface area (Å²) in [5.41, 5.74) is 5.72. The Kier molecular flexibility index (Phi) is 5.19. The van der Waals surface area contributed by atoms with E-state index >= 15 is 0 Å². The van der Waals surface area contributed by atoms with Gasteiger partial charge in [-0.25, -0.2) is 0 Å². The highest BCUT2D eigenvalue weighted by Crippen LogP contribution is 2.23. The molecular formula is C12H25N3O3S. The fraction of sp³-hybridized carbons (Fsp3) is 1.00. The maximum Gasteiger partial charge on any atom is 0.282 e. The summed E-state index contributed by atoms with van der Waals surface area (Å²) in [5, 5.41) is 0. The maximum atomic E-state index is 12.7. The molecule has 2 rings (SSSR count). The Hall–Kier alpha value is -0.210. The number of piperidine rings is 1. The Morgan fingerprint density at radius 1 is 1.32 bits per heavy atom. The molecule has 2 unspecified atom stereocenters. The molecule has 2 aliphatic rings. The van der Waals surface area contributed by atoms with Crippen LogP contribution in [0.1, 0.15) is 32.6 Å². The van der Waals surface area contributed by atoms with Gasteiger partial charge in [-0.15, -0.1) is 0 Å². The smallest absolute Gasteiger partial charge is 0.282 e. The highest BCUT2D eigenvalue weighted by Gasteiger charge is 2.37. The van der Waals surface area contributed by atoms with Crippen LogP contribution in [0.2, 0.25) is 0 Å². The van der Waals surface area contributed by atoms with Crippen LogP contribution in [0, 0.1) is 0 Å². The second kappa shape index (κ2) is 6.49. The molecule has 0 bridgehead atoms. The summed E-state index contributed by atoms with van der Waals surface area (Å²) < 4.78 is 34.1. The molecule has 0 aromatic heterocycles. The molecule has 19 heavy (non-hydrogen) atoms. The van der Waals surface area contributed by atoms with Crippen molar-refractivity contribution in [3.63, 3.8) is 0 Å². The molecule has 0 aliphatic carbocycles. The maximum absolute atomic E-state index is 12.7. The molecule has 0 spiro atoms. The number of rotatable bonds is 4. The number of nitrogens with two attached hydrogens (primary N) is 1. The largest absolute Gasteiger partial charge is 0.375 e. The predicted molar refractivity (Wildman–Crippen MR) is 73.9 cm³/mol. The van der Waals surface area contributed by atoms with Crippen LogP contribution < -0.4 is 5.73 Å². The lowest BCUT2D eigenvalue weighted by atomic mass is 10.1. The Labute approximate surface area is 116 Å². The van der Waals surface area contributed by atoms with Gasteiger partial charge in [0.05, 0.1) is 12.7 Å². The van der Waals surface area contributed by atoms with Gasteiger partial charge >= 0.3 is 0 Å². The van der Waals surface area contributed by atoms with Gasteiger partial charge in [0.2, 0.25) is 0 Å². The Morgan fingerprint density at radius 2 is 2.11 bits per heavy atom. The van der Waals surface area contributed by atoms with E-state index in [-0.39, 0.29) is 12.1 Å². The molecule has 2 heterocycles. The van der Waals surface area contributed by atoms with Crippen molar-refractivity contribution in [2.75, 3.05) is 32.8 Å². The third-order valence-electron chi connectivity index (χ3n) is 4.02. The molecule has 0 amide bonds. The fourth-order valence-electron chi connectivity index (χ4n) is 2.81. The topological polar surface area (TPSA) is 75.9 Å². The molecule has 0 aromatic carbocycles. The zero-order valence-electron chi connectivity index (χ0n) is 11.6. The molecule has 2 saturated heterocycles. The summed E-state index contributed by atoms with van der Waals surface area (Å²) in [7, 11) is -3.38. The summed E-state index contributed by atoms with van der Waals surface area (Å²) in [4.78, 5) is 0. The molecule has 0 saturated carbocycles. The van der Waals surface area contributed by atoms with E-state index in [0.717, 1.165) is 25.7 Å². The highest BCUT2D eigenvalue weighted by molar-refractivity contribution is 7.86. The van der Waals surface area contributed by atoms with Crippen LogP contribution >= 0.6 is 0 Å². The summed E-state index contributed by atoms with van der Waals surface area (Å²) >= 11 is 0. The number of nitrogens with zero attached hydrogens (tertiary/aromatic N) is 2. The van der Waals surface area contributed by atoms with Crippen molar-refractivity contribution in [1.82, 2.24) is 8.61 Å². The van der Waals surface area contributed by atoms with E-state index in [1.54, 1.807) is 8.61 Å². The fourth-order valence-corrected chi connectivity index (χ4v) is 4.70. The molecule has 6 nitrogen and oxygen atoms in total. The van der Waals surface area contributed by atoms with E-state index in [0.29, 0.717) is 32.8 Å². The van der Waals surface area contributed by atoms with E-state index in [9.17, 15) is 8.42 Å². The van der Waals surface area contributed by atoms with Gasteiger partial charge in [-0.2, -0.15) is 17.0 Å². The zero-order chi connectivity index (χ0) is 13.9. The normalized spacial score (nSPS) is 31.5. The van der Waals surface area contributed by atoms with Crippen molar-refractivity contribution in [2.24, 2.45) is 5.73 Å². The van der Waals surface area contributed by atoms with Crippen molar-refractivity contribution < 1.29 is 13.2 Å². The van der Waals surface area contributed by atoms with Crippen LogP contribution in [0.15, 0.2) is 0 Å². The van der Waals surface area contributed by atoms with Crippen molar-refractivity contribution in [3.8, 4) is 0 Å². The van der Waals surface area contributed by atoms with Gasteiger partial charge < -0.3 is 10.5 Å². The monoisotopic (exact) mass is 291 g/mol. The molecule has 2 aliphatic heterocycles. The minimum atomic E-state index is -3.38. The SMILES string of the molecule is CCC1CN(S(=O)(=O)N2CCCCC2CN)CCO1. The Bertz CT molecular complexity index is 388. The van der Waals surface area contributed by atoms with E-state index in [1.807, 2.05) is 6.92 Å². The minimum Gasteiger partial charge on any atom is -0.375 e. The van der Waals surface area contributed by atoms with Crippen molar-refractivity contribution in [2.45, 2.75) is 44.8 Å². The standard InChI is InChI=1S/C12H25N3O3S/c1-2-12-10-14(7-8-18-12)19(16,17)15-6-4-3-5-11(15)9-13/h11-12H,2-10,13H2,1H3. The number of morpholine rings is 1. The average molecular weight is 291 g/mol. The summed E-state index contributed by atoms with van der Waals surface area (Å²) in [5.74, 6) is 0. The van der Waals surface area contributed by atoms with Crippen LogP contribution in [-0.2, 0) is 14.9 Å². The lowest BCUT2D eigenvalue weighted by molar-refractivity contribution is -0.00523. The zero-order valence-corrected chi connectivity index (χ0v) is 12.4. The van der Waals surface area contributed by atoms with E-state index in [2.05, 4.69) is 0 Å². The van der Waals surface area contributed by atoms with Crippen LogP contribution in [-0.4, -0.2) is 62.0 Å². The first kappa shape index (κ1) is 15.2. The second-order valence-corrected chi connectivity index (χ2v) is 7.14. The summed E-state index contributed by atoms with van der Waals surface area (Å²) in [6, 6.07) is -0.0401. The van der Waals surface area contributed by atoms with Crippen molar-refractivity contribution in [1.29, 1.82) is 0 Å². The molecule has 7 heteroatoms.